The molecule has 1 heterocycles. The monoisotopic (exact) mass is 388 g/mol. The molecule has 28 heavy (non-hydrogen) atoms. The van der Waals surface area contributed by atoms with Gasteiger partial charge in [-0.1, -0.05) is 6.07 Å². The Morgan fingerprint density at radius 3 is 2.71 bits per heavy atom. The van der Waals surface area contributed by atoms with Crippen molar-refractivity contribution in [2.45, 2.75) is 19.5 Å². The molecule has 1 atom stereocenters. The minimum Gasteiger partial charge on any atom is -0.348 e. The first-order valence-corrected chi connectivity index (χ1v) is 8.31. The molecule has 0 bridgehead atoms. The van der Waals surface area contributed by atoms with Crippen molar-refractivity contribution in [1.82, 2.24) is 10.2 Å². The standard InChI is InChI=1S/C19H15F3N4O2/c1-10(13-3-2-11(7-23)4-15(13)21)24-18(27)9-26-8-14-16(22)5-12(20)6-17(14)25-19(26)28/h2-6,10H,8-9H2,1H3,(H,24,27)(H,25,28)/t10-/m1/s1. The number of fused-ring (bicyclic) bond motifs is 1. The largest absolute Gasteiger partial charge is 0.348 e. The summed E-state index contributed by atoms with van der Waals surface area (Å²) in [6, 6.07) is 6.02. The van der Waals surface area contributed by atoms with Crippen LogP contribution in [-0.4, -0.2) is 23.4 Å². The Kier molecular flexibility index (Phi) is 5.22. The second-order valence-electron chi connectivity index (χ2n) is 6.34. The van der Waals surface area contributed by atoms with Crippen LogP contribution in [0.3, 0.4) is 0 Å². The second-order valence-corrected chi connectivity index (χ2v) is 6.34. The molecular formula is C19H15F3N4O2. The predicted octanol–water partition coefficient (Wildman–Crippen LogP) is 3.20. The van der Waals surface area contributed by atoms with Crippen LogP contribution in [0.1, 0.15) is 29.7 Å². The molecule has 2 N–H and O–H groups in total. The predicted molar refractivity (Wildman–Crippen MR) is 93.5 cm³/mol. The van der Waals surface area contributed by atoms with Gasteiger partial charge < -0.3 is 15.5 Å². The summed E-state index contributed by atoms with van der Waals surface area (Å²) < 4.78 is 41.2. The minimum atomic E-state index is -0.826. The maximum atomic E-state index is 14.1. The van der Waals surface area contributed by atoms with E-state index in [1.807, 2.05) is 6.07 Å². The highest BCUT2D eigenvalue weighted by atomic mass is 19.1. The lowest BCUT2D eigenvalue weighted by Crippen LogP contribution is -2.45. The van der Waals surface area contributed by atoms with Crippen molar-refractivity contribution in [3.63, 3.8) is 0 Å². The number of hydrogen-bond acceptors (Lipinski definition) is 3. The number of carbonyl (C=O) groups is 2. The zero-order valence-corrected chi connectivity index (χ0v) is 14.7. The highest BCUT2D eigenvalue weighted by molar-refractivity contribution is 5.95. The van der Waals surface area contributed by atoms with Crippen LogP contribution in [0.25, 0.3) is 0 Å². The molecule has 2 aromatic carbocycles. The van der Waals surface area contributed by atoms with E-state index in [-0.39, 0.29) is 28.9 Å². The molecule has 0 spiro atoms. The van der Waals surface area contributed by atoms with Crippen molar-refractivity contribution >= 4 is 17.6 Å². The molecule has 6 nitrogen and oxygen atoms in total. The van der Waals surface area contributed by atoms with Gasteiger partial charge in [-0.2, -0.15) is 5.26 Å². The van der Waals surface area contributed by atoms with E-state index < -0.39 is 42.0 Å². The number of halogens is 3. The van der Waals surface area contributed by atoms with Gasteiger partial charge in [-0.25, -0.2) is 18.0 Å². The third-order valence-corrected chi connectivity index (χ3v) is 4.35. The maximum Gasteiger partial charge on any atom is 0.322 e. The normalized spacial score (nSPS) is 14.0. The molecule has 0 unspecified atom stereocenters. The van der Waals surface area contributed by atoms with E-state index >= 15 is 0 Å². The van der Waals surface area contributed by atoms with Crippen LogP contribution in [0, 0.1) is 28.8 Å². The lowest BCUT2D eigenvalue weighted by molar-refractivity contribution is -0.122. The number of hydrogen-bond donors (Lipinski definition) is 2. The molecule has 0 aliphatic carbocycles. The molecule has 0 aromatic heterocycles. The molecule has 2 aromatic rings. The van der Waals surface area contributed by atoms with Gasteiger partial charge in [0.05, 0.1) is 29.9 Å². The average Bonchev–Trinajstić information content (AvgIpc) is 2.62. The van der Waals surface area contributed by atoms with Gasteiger partial charge in [-0.05, 0) is 25.1 Å². The van der Waals surface area contributed by atoms with E-state index in [0.717, 1.165) is 17.0 Å². The highest BCUT2D eigenvalue weighted by Crippen LogP contribution is 2.27. The Bertz CT molecular complexity index is 1000. The van der Waals surface area contributed by atoms with Crippen LogP contribution in [0.4, 0.5) is 23.7 Å². The van der Waals surface area contributed by atoms with E-state index in [1.54, 1.807) is 6.92 Å². The summed E-state index contributed by atoms with van der Waals surface area (Å²) in [7, 11) is 0. The first-order chi connectivity index (χ1) is 13.3. The minimum absolute atomic E-state index is 0.0205. The third kappa shape index (κ3) is 3.91. The van der Waals surface area contributed by atoms with E-state index in [1.165, 1.54) is 12.1 Å². The van der Waals surface area contributed by atoms with Gasteiger partial charge >= 0.3 is 6.03 Å². The molecule has 144 valence electrons. The van der Waals surface area contributed by atoms with Crippen LogP contribution in [-0.2, 0) is 11.3 Å². The number of anilines is 1. The van der Waals surface area contributed by atoms with Gasteiger partial charge in [0.15, 0.2) is 0 Å². The van der Waals surface area contributed by atoms with Crippen LogP contribution >= 0.6 is 0 Å². The van der Waals surface area contributed by atoms with Crippen molar-refractivity contribution in [3.8, 4) is 6.07 Å². The Morgan fingerprint density at radius 2 is 2.04 bits per heavy atom. The van der Waals surface area contributed by atoms with E-state index in [4.69, 9.17) is 5.26 Å². The Hall–Kier alpha value is -3.54. The fourth-order valence-corrected chi connectivity index (χ4v) is 2.95. The fraction of sp³-hybridized carbons (Fsp3) is 0.211. The average molecular weight is 388 g/mol. The van der Waals surface area contributed by atoms with E-state index in [9.17, 15) is 22.8 Å². The summed E-state index contributed by atoms with van der Waals surface area (Å²) in [5.74, 6) is -2.87. The molecule has 0 saturated carbocycles. The quantitative estimate of drug-likeness (QED) is 0.844. The van der Waals surface area contributed by atoms with Crippen molar-refractivity contribution < 1.29 is 22.8 Å². The SMILES string of the molecule is C[C@@H](NC(=O)CN1Cc2c(F)cc(F)cc2NC1=O)c1ccc(C#N)cc1F. The first kappa shape index (κ1) is 19.2. The fourth-order valence-electron chi connectivity index (χ4n) is 2.95. The Morgan fingerprint density at radius 1 is 1.29 bits per heavy atom. The second kappa shape index (κ2) is 7.60. The lowest BCUT2D eigenvalue weighted by atomic mass is 10.1. The van der Waals surface area contributed by atoms with Gasteiger partial charge in [0.2, 0.25) is 5.91 Å². The number of rotatable bonds is 4. The van der Waals surface area contributed by atoms with Gasteiger partial charge in [0.25, 0.3) is 0 Å². The first-order valence-electron chi connectivity index (χ1n) is 8.31. The molecule has 0 radical (unpaired) electrons. The number of carbonyl (C=O) groups excluding carboxylic acids is 2. The van der Waals surface area contributed by atoms with E-state index in [2.05, 4.69) is 10.6 Å². The molecule has 3 rings (SSSR count). The lowest BCUT2D eigenvalue weighted by Gasteiger charge is -2.29. The molecule has 0 fully saturated rings. The summed E-state index contributed by atoms with van der Waals surface area (Å²) >= 11 is 0. The third-order valence-electron chi connectivity index (χ3n) is 4.35. The van der Waals surface area contributed by atoms with Crippen molar-refractivity contribution in [2.24, 2.45) is 0 Å². The zero-order valence-electron chi connectivity index (χ0n) is 14.7. The summed E-state index contributed by atoms with van der Waals surface area (Å²) in [5.41, 5.74) is 0.427. The number of benzene rings is 2. The Labute approximate surface area is 158 Å². The van der Waals surface area contributed by atoms with Crippen molar-refractivity contribution in [1.29, 1.82) is 5.26 Å². The molecule has 9 heteroatoms. The molecule has 1 aliphatic heterocycles. The van der Waals surface area contributed by atoms with Gasteiger partial charge in [0.1, 0.15) is 24.0 Å². The summed E-state index contributed by atoms with van der Waals surface area (Å²) in [5, 5.41) is 13.7. The highest BCUT2D eigenvalue weighted by Gasteiger charge is 2.27. The van der Waals surface area contributed by atoms with Crippen LogP contribution in [0.15, 0.2) is 30.3 Å². The van der Waals surface area contributed by atoms with Crippen LogP contribution in [0.5, 0.6) is 0 Å². The van der Waals surface area contributed by atoms with Crippen LogP contribution in [0.2, 0.25) is 0 Å². The summed E-state index contributed by atoms with van der Waals surface area (Å²) in [4.78, 5) is 25.4. The topological polar surface area (TPSA) is 85.2 Å². The van der Waals surface area contributed by atoms with Crippen molar-refractivity contribution in [3.05, 3.63) is 64.5 Å². The molecule has 1 aliphatic rings. The van der Waals surface area contributed by atoms with Gasteiger partial charge in [0, 0.05) is 17.2 Å². The van der Waals surface area contributed by atoms with Crippen molar-refractivity contribution in [2.75, 3.05) is 11.9 Å². The zero-order chi connectivity index (χ0) is 20.4. The smallest absolute Gasteiger partial charge is 0.322 e. The number of nitrogens with zero attached hydrogens (tertiary/aromatic N) is 2. The number of amides is 3. The van der Waals surface area contributed by atoms with Gasteiger partial charge in [-0.3, -0.25) is 4.79 Å². The molecule has 3 amide bonds. The van der Waals surface area contributed by atoms with Gasteiger partial charge in [-0.15, -0.1) is 0 Å². The van der Waals surface area contributed by atoms with Crippen LogP contribution < -0.4 is 10.6 Å². The summed E-state index contributed by atoms with van der Waals surface area (Å²) in [6.07, 6.45) is 0. The number of nitrogens with one attached hydrogen (secondary N) is 2. The summed E-state index contributed by atoms with van der Waals surface area (Å²) in [6.45, 7) is 0.945. The molecule has 0 saturated heterocycles. The molecular weight excluding hydrogens is 373 g/mol. The Balaban J connectivity index is 1.68. The van der Waals surface area contributed by atoms with E-state index in [0.29, 0.717) is 6.07 Å². The number of urea groups is 1. The maximum absolute atomic E-state index is 14.1. The number of nitriles is 1.